The normalized spacial score (nSPS) is 17.6. The van der Waals surface area contributed by atoms with Crippen LogP contribution in [0, 0.1) is 10.1 Å². The number of hydrogen-bond donors (Lipinski definition) is 2. The largest absolute Gasteiger partial charge is 0.394 e. The Bertz CT molecular complexity index is 711. The van der Waals surface area contributed by atoms with Crippen molar-refractivity contribution in [2.24, 2.45) is 5.73 Å². The number of non-ortho nitro benzene ring substituents is 1. The van der Waals surface area contributed by atoms with Gasteiger partial charge in [0.15, 0.2) is 0 Å². The molecule has 2 aromatic rings. The molecule has 0 spiro atoms. The molecule has 116 valence electrons. The lowest BCUT2D eigenvalue weighted by Gasteiger charge is -2.39. The van der Waals surface area contributed by atoms with Crippen molar-refractivity contribution in [2.45, 2.75) is 18.4 Å². The first-order valence-corrected chi connectivity index (χ1v) is 7.20. The van der Waals surface area contributed by atoms with Gasteiger partial charge in [-0.2, -0.15) is 0 Å². The molecule has 7 heteroatoms. The van der Waals surface area contributed by atoms with Crippen molar-refractivity contribution >= 4 is 22.1 Å². The van der Waals surface area contributed by atoms with Crippen LogP contribution in [0.1, 0.15) is 12.8 Å². The van der Waals surface area contributed by atoms with Gasteiger partial charge in [-0.25, -0.2) is 0 Å². The van der Waals surface area contributed by atoms with Gasteiger partial charge in [-0.15, -0.1) is 0 Å². The molecule has 1 aromatic carbocycles. The summed E-state index contributed by atoms with van der Waals surface area (Å²) < 4.78 is 0. The molecule has 1 saturated heterocycles. The zero-order chi connectivity index (χ0) is 15.7. The fraction of sp³-hybridized carbons (Fsp3) is 0.400. The standard InChI is InChI=1S/C15H18N4O3/c16-15(10-20)4-7-18(8-5-15)13-1-2-14(19(21)22)12-9-17-6-3-11(12)13/h1-3,6,9,20H,4-5,7-8,10,16H2. The molecule has 0 bridgehead atoms. The molecule has 1 fully saturated rings. The maximum absolute atomic E-state index is 11.1. The molecule has 3 rings (SSSR count). The Morgan fingerprint density at radius 1 is 1.32 bits per heavy atom. The zero-order valence-corrected chi connectivity index (χ0v) is 12.1. The van der Waals surface area contributed by atoms with Gasteiger partial charge in [0, 0.05) is 48.2 Å². The third-order valence-electron chi connectivity index (χ3n) is 4.38. The molecule has 7 nitrogen and oxygen atoms in total. The SMILES string of the molecule is NC1(CO)CCN(c2ccc([N+](=O)[O-])c3cnccc23)CC1. The van der Waals surface area contributed by atoms with Crippen molar-refractivity contribution in [3.63, 3.8) is 0 Å². The van der Waals surface area contributed by atoms with E-state index in [1.807, 2.05) is 0 Å². The van der Waals surface area contributed by atoms with E-state index in [0.29, 0.717) is 31.3 Å². The van der Waals surface area contributed by atoms with Crippen molar-refractivity contribution in [3.05, 3.63) is 40.7 Å². The number of piperidine rings is 1. The fourth-order valence-electron chi connectivity index (χ4n) is 2.95. The fourth-order valence-corrected chi connectivity index (χ4v) is 2.95. The average Bonchev–Trinajstić information content (AvgIpc) is 2.54. The Morgan fingerprint density at radius 2 is 2.05 bits per heavy atom. The number of nitro groups is 1. The summed E-state index contributed by atoms with van der Waals surface area (Å²) in [5.74, 6) is 0. The monoisotopic (exact) mass is 302 g/mol. The van der Waals surface area contributed by atoms with Crippen LogP contribution in [0.4, 0.5) is 11.4 Å². The summed E-state index contributed by atoms with van der Waals surface area (Å²) in [6.07, 6.45) is 4.54. The van der Waals surface area contributed by atoms with Gasteiger partial charge in [-0.1, -0.05) is 0 Å². The molecule has 0 saturated carbocycles. The Labute approximate surface area is 127 Å². The van der Waals surface area contributed by atoms with Crippen molar-refractivity contribution in [1.29, 1.82) is 0 Å². The lowest BCUT2D eigenvalue weighted by atomic mass is 9.89. The van der Waals surface area contributed by atoms with Crippen LogP contribution in [-0.4, -0.2) is 40.2 Å². The maximum atomic E-state index is 11.1. The lowest BCUT2D eigenvalue weighted by molar-refractivity contribution is -0.383. The quantitative estimate of drug-likeness (QED) is 0.656. The van der Waals surface area contributed by atoms with E-state index < -0.39 is 5.54 Å². The number of hydrogen-bond acceptors (Lipinski definition) is 6. The predicted molar refractivity (Wildman–Crippen MR) is 83.8 cm³/mol. The number of pyridine rings is 1. The molecule has 2 heterocycles. The summed E-state index contributed by atoms with van der Waals surface area (Å²) in [5.41, 5.74) is 6.59. The highest BCUT2D eigenvalue weighted by atomic mass is 16.6. The van der Waals surface area contributed by atoms with Gasteiger partial charge in [0.1, 0.15) is 0 Å². The van der Waals surface area contributed by atoms with Crippen LogP contribution in [0.2, 0.25) is 0 Å². The summed E-state index contributed by atoms with van der Waals surface area (Å²) in [6.45, 7) is 1.41. The third-order valence-corrected chi connectivity index (χ3v) is 4.38. The van der Waals surface area contributed by atoms with Crippen LogP contribution in [0.25, 0.3) is 10.8 Å². The highest BCUT2D eigenvalue weighted by molar-refractivity contribution is 5.99. The summed E-state index contributed by atoms with van der Waals surface area (Å²) in [4.78, 5) is 16.9. The van der Waals surface area contributed by atoms with Crippen molar-refractivity contribution in [3.8, 4) is 0 Å². The predicted octanol–water partition coefficient (Wildman–Crippen LogP) is 1.43. The van der Waals surface area contributed by atoms with Crippen LogP contribution in [-0.2, 0) is 0 Å². The van der Waals surface area contributed by atoms with E-state index in [-0.39, 0.29) is 17.2 Å². The highest BCUT2D eigenvalue weighted by Gasteiger charge is 2.30. The van der Waals surface area contributed by atoms with E-state index in [2.05, 4.69) is 9.88 Å². The van der Waals surface area contributed by atoms with Crippen molar-refractivity contribution < 1.29 is 10.0 Å². The Balaban J connectivity index is 1.99. The summed E-state index contributed by atoms with van der Waals surface area (Å²) in [5, 5.41) is 21.9. The molecular formula is C15H18N4O3. The number of benzene rings is 1. The smallest absolute Gasteiger partial charge is 0.278 e. The number of aliphatic hydroxyl groups excluding tert-OH is 1. The average molecular weight is 302 g/mol. The van der Waals surface area contributed by atoms with Crippen LogP contribution in [0.5, 0.6) is 0 Å². The second-order valence-electron chi connectivity index (χ2n) is 5.79. The van der Waals surface area contributed by atoms with E-state index in [9.17, 15) is 15.2 Å². The molecule has 3 N–H and O–H groups in total. The van der Waals surface area contributed by atoms with E-state index in [1.54, 1.807) is 18.3 Å². The molecule has 0 radical (unpaired) electrons. The summed E-state index contributed by atoms with van der Waals surface area (Å²) >= 11 is 0. The Kier molecular flexibility index (Phi) is 3.67. The number of nitro benzene ring substituents is 1. The van der Waals surface area contributed by atoms with Crippen molar-refractivity contribution in [1.82, 2.24) is 4.98 Å². The first-order valence-electron chi connectivity index (χ1n) is 7.20. The minimum absolute atomic E-state index is 0.0221. The number of fused-ring (bicyclic) bond motifs is 1. The van der Waals surface area contributed by atoms with Gasteiger partial charge in [0.2, 0.25) is 0 Å². The minimum Gasteiger partial charge on any atom is -0.394 e. The topological polar surface area (TPSA) is 106 Å². The summed E-state index contributed by atoms with van der Waals surface area (Å²) in [6, 6.07) is 5.10. The molecule has 22 heavy (non-hydrogen) atoms. The van der Waals surface area contributed by atoms with Crippen LogP contribution >= 0.6 is 0 Å². The first-order chi connectivity index (χ1) is 10.5. The van der Waals surface area contributed by atoms with Crippen LogP contribution in [0.15, 0.2) is 30.6 Å². The third kappa shape index (κ3) is 2.49. The minimum atomic E-state index is -0.519. The lowest BCUT2D eigenvalue weighted by Crippen LogP contribution is -2.52. The summed E-state index contributed by atoms with van der Waals surface area (Å²) in [7, 11) is 0. The Hall–Kier alpha value is -2.25. The molecule has 0 amide bonds. The molecule has 0 unspecified atom stereocenters. The van der Waals surface area contributed by atoms with E-state index in [4.69, 9.17) is 5.73 Å². The second kappa shape index (κ2) is 5.51. The molecule has 0 aliphatic carbocycles. The van der Waals surface area contributed by atoms with Crippen molar-refractivity contribution in [2.75, 3.05) is 24.6 Å². The first kappa shape index (κ1) is 14.7. The van der Waals surface area contributed by atoms with Crippen LogP contribution < -0.4 is 10.6 Å². The van der Waals surface area contributed by atoms with Gasteiger partial charge in [0.25, 0.3) is 5.69 Å². The Morgan fingerprint density at radius 3 is 2.68 bits per heavy atom. The molecular weight excluding hydrogens is 284 g/mol. The van der Waals surface area contributed by atoms with E-state index in [0.717, 1.165) is 11.1 Å². The molecule has 0 atom stereocenters. The number of aromatic nitrogens is 1. The number of anilines is 1. The maximum Gasteiger partial charge on any atom is 0.278 e. The number of nitrogens with zero attached hydrogens (tertiary/aromatic N) is 3. The van der Waals surface area contributed by atoms with Crippen LogP contribution in [0.3, 0.4) is 0 Å². The zero-order valence-electron chi connectivity index (χ0n) is 12.1. The second-order valence-corrected chi connectivity index (χ2v) is 5.79. The number of aliphatic hydroxyl groups is 1. The van der Waals surface area contributed by atoms with Gasteiger partial charge >= 0.3 is 0 Å². The number of rotatable bonds is 3. The molecule has 1 aromatic heterocycles. The number of nitrogens with two attached hydrogens (primary N) is 1. The highest BCUT2D eigenvalue weighted by Crippen LogP contribution is 2.35. The molecule has 1 aliphatic rings. The van der Waals surface area contributed by atoms with Gasteiger partial charge in [-0.3, -0.25) is 15.1 Å². The van der Waals surface area contributed by atoms with Gasteiger partial charge < -0.3 is 15.7 Å². The van der Waals surface area contributed by atoms with E-state index in [1.165, 1.54) is 12.3 Å². The van der Waals surface area contributed by atoms with Gasteiger partial charge in [0.05, 0.1) is 16.9 Å². The van der Waals surface area contributed by atoms with Gasteiger partial charge in [-0.05, 0) is 25.0 Å². The molecule has 1 aliphatic heterocycles. The van der Waals surface area contributed by atoms with E-state index >= 15 is 0 Å².